The Morgan fingerprint density at radius 2 is 1.87 bits per heavy atom. The molecule has 23 heavy (non-hydrogen) atoms. The van der Waals surface area contributed by atoms with Crippen LogP contribution in [-0.4, -0.2) is 32.6 Å². The number of ether oxygens (including phenoxy) is 1. The first-order valence-electron chi connectivity index (χ1n) is 8.29. The first-order valence-corrected chi connectivity index (χ1v) is 8.29. The number of carbonyl (C=O) groups excluding carboxylic acids is 1. The molecule has 0 aliphatic rings. The Kier molecular flexibility index (Phi) is 9.52. The first-order chi connectivity index (χ1) is 11.2. The molecule has 0 aromatic heterocycles. The van der Waals surface area contributed by atoms with E-state index in [4.69, 9.17) is 0 Å². The van der Waals surface area contributed by atoms with E-state index in [1.807, 2.05) is 0 Å². The van der Waals surface area contributed by atoms with Gasteiger partial charge >= 0.3 is 5.97 Å². The lowest BCUT2D eigenvalue weighted by molar-refractivity contribution is -0.140. The summed E-state index contributed by atoms with van der Waals surface area (Å²) in [5, 5.41) is 6.65. The Hall–Kier alpha value is -2.04. The molecule has 1 rings (SSSR count). The van der Waals surface area contributed by atoms with Crippen LogP contribution in [0.15, 0.2) is 29.3 Å². The van der Waals surface area contributed by atoms with E-state index in [-0.39, 0.29) is 5.97 Å². The summed E-state index contributed by atoms with van der Waals surface area (Å²) in [4.78, 5) is 15.2. The second-order valence-electron chi connectivity index (χ2n) is 5.36. The number of benzene rings is 1. The van der Waals surface area contributed by atoms with Crippen LogP contribution in [0.5, 0.6) is 0 Å². The molecule has 5 nitrogen and oxygen atoms in total. The highest BCUT2D eigenvalue weighted by Gasteiger charge is 2.02. The maximum absolute atomic E-state index is 11.0. The van der Waals surface area contributed by atoms with Gasteiger partial charge in [-0.3, -0.25) is 9.79 Å². The molecule has 5 heteroatoms. The van der Waals surface area contributed by atoms with Gasteiger partial charge in [-0.05, 0) is 30.4 Å². The number of hydrogen-bond acceptors (Lipinski definition) is 3. The highest BCUT2D eigenvalue weighted by atomic mass is 16.5. The van der Waals surface area contributed by atoms with Crippen LogP contribution >= 0.6 is 0 Å². The summed E-state index contributed by atoms with van der Waals surface area (Å²) in [5.41, 5.74) is 2.66. The summed E-state index contributed by atoms with van der Waals surface area (Å²) >= 11 is 0. The molecular formula is C18H29N3O2. The number of hydrogen-bond donors (Lipinski definition) is 2. The van der Waals surface area contributed by atoms with E-state index in [9.17, 15) is 4.79 Å². The van der Waals surface area contributed by atoms with E-state index < -0.39 is 0 Å². The van der Waals surface area contributed by atoms with E-state index >= 15 is 0 Å². The van der Waals surface area contributed by atoms with Crippen molar-refractivity contribution in [1.29, 1.82) is 0 Å². The molecule has 0 atom stereocenters. The fraction of sp³-hybridized carbons (Fsp3) is 0.556. The summed E-state index contributed by atoms with van der Waals surface area (Å²) in [6.07, 6.45) is 4.40. The lowest BCUT2D eigenvalue weighted by Gasteiger charge is -2.13. The van der Waals surface area contributed by atoms with Crippen LogP contribution in [0.2, 0.25) is 0 Å². The molecule has 1 aromatic rings. The Balaban J connectivity index is 2.23. The van der Waals surface area contributed by atoms with Crippen LogP contribution in [0.25, 0.3) is 0 Å². The van der Waals surface area contributed by atoms with Gasteiger partial charge in [0.2, 0.25) is 0 Å². The summed E-state index contributed by atoms with van der Waals surface area (Å²) in [6.45, 7) is 3.78. The SMILES string of the molecule is CCc1ccccc1CNC(=NC)NCCCCCC(=O)OC. The standard InChI is InChI=1S/C18H29N3O2/c1-4-15-10-7-8-11-16(15)14-21-18(19-2)20-13-9-5-6-12-17(22)23-3/h7-8,10-11H,4-6,9,12-14H2,1-3H3,(H2,19,20,21). The molecule has 1 aromatic carbocycles. The molecule has 0 bridgehead atoms. The molecule has 0 aliphatic carbocycles. The van der Waals surface area contributed by atoms with Crippen LogP contribution in [0, 0.1) is 0 Å². The van der Waals surface area contributed by atoms with Gasteiger partial charge in [0.15, 0.2) is 5.96 Å². The monoisotopic (exact) mass is 319 g/mol. The number of aryl methyl sites for hydroxylation is 1. The number of unbranched alkanes of at least 4 members (excludes halogenated alkanes) is 2. The number of nitrogens with one attached hydrogen (secondary N) is 2. The molecular weight excluding hydrogens is 290 g/mol. The first kappa shape index (κ1) is 19.0. The van der Waals surface area contributed by atoms with Gasteiger partial charge in [0, 0.05) is 26.6 Å². The molecule has 0 aliphatic heterocycles. The Morgan fingerprint density at radius 1 is 1.13 bits per heavy atom. The van der Waals surface area contributed by atoms with E-state index in [0.717, 1.165) is 44.7 Å². The summed E-state index contributed by atoms with van der Waals surface area (Å²) in [7, 11) is 3.20. The predicted octanol–water partition coefficient (Wildman–Crippen LogP) is 2.65. The molecule has 0 fully saturated rings. The van der Waals surface area contributed by atoms with Gasteiger partial charge in [-0.25, -0.2) is 0 Å². The number of guanidine groups is 1. The van der Waals surface area contributed by atoms with Crippen LogP contribution in [0.3, 0.4) is 0 Å². The number of carbonyl (C=O) groups is 1. The van der Waals surface area contributed by atoms with Gasteiger partial charge in [-0.15, -0.1) is 0 Å². The average Bonchev–Trinajstić information content (AvgIpc) is 2.60. The third-order valence-corrected chi connectivity index (χ3v) is 3.75. The number of esters is 1. The lowest BCUT2D eigenvalue weighted by atomic mass is 10.1. The van der Waals surface area contributed by atoms with Crippen molar-refractivity contribution >= 4 is 11.9 Å². The van der Waals surface area contributed by atoms with Gasteiger partial charge in [-0.2, -0.15) is 0 Å². The molecule has 0 amide bonds. The van der Waals surface area contributed by atoms with Crippen LogP contribution < -0.4 is 10.6 Å². The van der Waals surface area contributed by atoms with Crippen LogP contribution in [-0.2, 0) is 22.5 Å². The van der Waals surface area contributed by atoms with E-state index in [1.165, 1.54) is 18.2 Å². The van der Waals surface area contributed by atoms with Crippen molar-refractivity contribution in [1.82, 2.24) is 10.6 Å². The molecule has 0 radical (unpaired) electrons. The fourth-order valence-corrected chi connectivity index (χ4v) is 2.35. The number of aliphatic imine (C=N–C) groups is 1. The summed E-state index contributed by atoms with van der Waals surface area (Å²) in [5.74, 6) is 0.675. The van der Waals surface area contributed by atoms with Gasteiger partial charge in [0.1, 0.15) is 0 Å². The maximum atomic E-state index is 11.0. The molecule has 2 N–H and O–H groups in total. The number of rotatable bonds is 9. The second kappa shape index (κ2) is 11.5. The highest BCUT2D eigenvalue weighted by molar-refractivity contribution is 5.79. The van der Waals surface area contributed by atoms with Crippen LogP contribution in [0.1, 0.15) is 43.7 Å². The van der Waals surface area contributed by atoms with Crippen molar-refractivity contribution in [2.45, 2.75) is 45.6 Å². The van der Waals surface area contributed by atoms with Crippen molar-refractivity contribution in [3.8, 4) is 0 Å². The van der Waals surface area contributed by atoms with Crippen LogP contribution in [0.4, 0.5) is 0 Å². The maximum Gasteiger partial charge on any atom is 0.305 e. The van der Waals surface area contributed by atoms with Crippen molar-refractivity contribution in [2.24, 2.45) is 4.99 Å². The van der Waals surface area contributed by atoms with Crippen molar-refractivity contribution < 1.29 is 9.53 Å². The van der Waals surface area contributed by atoms with Crippen molar-refractivity contribution in [3.05, 3.63) is 35.4 Å². The fourth-order valence-electron chi connectivity index (χ4n) is 2.35. The van der Waals surface area contributed by atoms with Gasteiger partial charge < -0.3 is 15.4 Å². The zero-order valence-corrected chi connectivity index (χ0v) is 14.5. The molecule has 0 heterocycles. The third kappa shape index (κ3) is 7.68. The lowest BCUT2D eigenvalue weighted by Crippen LogP contribution is -2.37. The molecule has 0 saturated carbocycles. The number of methoxy groups -OCH3 is 1. The minimum atomic E-state index is -0.134. The van der Waals surface area contributed by atoms with Crippen molar-refractivity contribution in [2.75, 3.05) is 20.7 Å². The summed E-state index contributed by atoms with van der Waals surface area (Å²) in [6, 6.07) is 8.44. The molecule has 0 saturated heterocycles. The van der Waals surface area contributed by atoms with E-state index in [2.05, 4.69) is 51.6 Å². The molecule has 128 valence electrons. The smallest absolute Gasteiger partial charge is 0.305 e. The summed E-state index contributed by atoms with van der Waals surface area (Å²) < 4.78 is 4.62. The minimum absolute atomic E-state index is 0.134. The van der Waals surface area contributed by atoms with Crippen molar-refractivity contribution in [3.63, 3.8) is 0 Å². The van der Waals surface area contributed by atoms with Gasteiger partial charge in [0.05, 0.1) is 7.11 Å². The Morgan fingerprint density at radius 3 is 2.52 bits per heavy atom. The quantitative estimate of drug-likeness (QED) is 0.318. The Labute approximate surface area is 139 Å². The zero-order valence-electron chi connectivity index (χ0n) is 14.5. The minimum Gasteiger partial charge on any atom is -0.469 e. The largest absolute Gasteiger partial charge is 0.469 e. The zero-order chi connectivity index (χ0) is 16.9. The Bertz CT molecular complexity index is 501. The third-order valence-electron chi connectivity index (χ3n) is 3.75. The number of nitrogens with zero attached hydrogens (tertiary/aromatic N) is 1. The average molecular weight is 319 g/mol. The second-order valence-corrected chi connectivity index (χ2v) is 5.36. The van der Waals surface area contributed by atoms with Gasteiger partial charge in [-0.1, -0.05) is 37.6 Å². The molecule has 0 spiro atoms. The van der Waals surface area contributed by atoms with E-state index in [1.54, 1.807) is 7.05 Å². The van der Waals surface area contributed by atoms with E-state index in [0.29, 0.717) is 6.42 Å². The normalized spacial score (nSPS) is 11.2. The highest BCUT2D eigenvalue weighted by Crippen LogP contribution is 2.08. The predicted molar refractivity (Wildman–Crippen MR) is 94.5 cm³/mol. The topological polar surface area (TPSA) is 62.7 Å². The van der Waals surface area contributed by atoms with Gasteiger partial charge in [0.25, 0.3) is 0 Å². The molecule has 0 unspecified atom stereocenters.